The van der Waals surface area contributed by atoms with Crippen molar-refractivity contribution in [3.63, 3.8) is 0 Å². The lowest BCUT2D eigenvalue weighted by Crippen LogP contribution is -2.55. The molecule has 2 aliphatic heterocycles. The summed E-state index contributed by atoms with van der Waals surface area (Å²) in [5, 5.41) is 3.18. The summed E-state index contributed by atoms with van der Waals surface area (Å²) in [5.74, 6) is 2.48. The van der Waals surface area contributed by atoms with Crippen LogP contribution in [0.2, 0.25) is 0 Å². The second kappa shape index (κ2) is 8.10. The van der Waals surface area contributed by atoms with Crippen LogP contribution in [-0.2, 0) is 27.1 Å². The fraction of sp³-hybridized carbons (Fsp3) is 0.750. The van der Waals surface area contributed by atoms with E-state index in [4.69, 9.17) is 14.5 Å². The fourth-order valence-corrected chi connectivity index (χ4v) is 4.71. The largest absolute Gasteiger partial charge is 0.385 e. The molecule has 7 heteroatoms. The number of methoxy groups -OCH3 is 1. The number of carbonyl (C=O) groups excluding carboxylic acids is 1. The van der Waals surface area contributed by atoms with Gasteiger partial charge in [0, 0.05) is 44.0 Å². The number of aromatic nitrogens is 2. The molecule has 27 heavy (non-hydrogen) atoms. The monoisotopic (exact) mass is 374 g/mol. The molecule has 148 valence electrons. The molecule has 7 nitrogen and oxygen atoms in total. The maximum absolute atomic E-state index is 12.2. The van der Waals surface area contributed by atoms with Crippen LogP contribution in [0.1, 0.15) is 42.8 Å². The van der Waals surface area contributed by atoms with Crippen LogP contribution < -0.4 is 10.2 Å². The van der Waals surface area contributed by atoms with Gasteiger partial charge in [-0.1, -0.05) is 0 Å². The quantitative estimate of drug-likeness (QED) is 0.694. The van der Waals surface area contributed by atoms with Crippen LogP contribution in [0.15, 0.2) is 0 Å². The molecule has 1 amide bonds. The van der Waals surface area contributed by atoms with E-state index < -0.39 is 0 Å². The molecule has 1 N–H and O–H groups in total. The molecule has 3 atom stereocenters. The van der Waals surface area contributed by atoms with Gasteiger partial charge in [0.25, 0.3) is 0 Å². The number of hydrogen-bond acceptors (Lipinski definition) is 6. The van der Waals surface area contributed by atoms with Crippen LogP contribution in [0.4, 0.5) is 5.82 Å². The van der Waals surface area contributed by atoms with Crippen molar-refractivity contribution in [1.29, 1.82) is 0 Å². The van der Waals surface area contributed by atoms with E-state index in [0.29, 0.717) is 25.2 Å². The number of nitrogens with zero attached hydrogens (tertiary/aromatic N) is 3. The van der Waals surface area contributed by atoms with Gasteiger partial charge in [-0.25, -0.2) is 9.97 Å². The van der Waals surface area contributed by atoms with Crippen molar-refractivity contribution in [3.8, 4) is 0 Å². The van der Waals surface area contributed by atoms with Gasteiger partial charge >= 0.3 is 0 Å². The Kier molecular flexibility index (Phi) is 5.59. The summed E-state index contributed by atoms with van der Waals surface area (Å²) in [7, 11) is 1.67. The molecule has 0 spiro atoms. The van der Waals surface area contributed by atoms with Gasteiger partial charge in [-0.05, 0) is 45.4 Å². The summed E-state index contributed by atoms with van der Waals surface area (Å²) in [4.78, 5) is 24.1. The Hall–Kier alpha value is -1.73. The number of ether oxygens (including phenoxy) is 2. The molecule has 2 bridgehead atoms. The van der Waals surface area contributed by atoms with Crippen LogP contribution in [-0.4, -0.2) is 61.4 Å². The number of aryl methyl sites for hydroxylation is 2. The van der Waals surface area contributed by atoms with Crippen LogP contribution in [0, 0.1) is 12.8 Å². The van der Waals surface area contributed by atoms with E-state index in [1.54, 1.807) is 7.11 Å². The number of amides is 1. The number of hydrogen-bond donors (Lipinski definition) is 1. The summed E-state index contributed by atoms with van der Waals surface area (Å²) < 4.78 is 10.4. The summed E-state index contributed by atoms with van der Waals surface area (Å²) in [6.07, 6.45) is 6.52. The normalized spacial score (nSPS) is 25.9. The van der Waals surface area contributed by atoms with Gasteiger partial charge in [-0.15, -0.1) is 0 Å². The summed E-state index contributed by atoms with van der Waals surface area (Å²) in [6, 6.07) is 0.572. The van der Waals surface area contributed by atoms with E-state index in [1.165, 1.54) is 24.1 Å². The van der Waals surface area contributed by atoms with Gasteiger partial charge in [0.2, 0.25) is 5.91 Å². The Morgan fingerprint density at radius 3 is 2.96 bits per heavy atom. The maximum Gasteiger partial charge on any atom is 0.246 e. The SMILES string of the molecule is COCCCOCC(=O)NC1C2CC1N(c1nc(C)nc3c1CCCC3)C2. The minimum atomic E-state index is -0.0186. The Morgan fingerprint density at radius 2 is 2.11 bits per heavy atom. The zero-order chi connectivity index (χ0) is 18.8. The zero-order valence-corrected chi connectivity index (χ0v) is 16.4. The van der Waals surface area contributed by atoms with E-state index >= 15 is 0 Å². The van der Waals surface area contributed by atoms with E-state index in [-0.39, 0.29) is 18.6 Å². The lowest BCUT2D eigenvalue weighted by atomic mass is 9.80. The molecule has 1 aromatic heterocycles. The second-order valence-corrected chi connectivity index (χ2v) is 7.93. The van der Waals surface area contributed by atoms with Crippen LogP contribution in [0.25, 0.3) is 0 Å². The molecule has 4 aliphatic rings. The van der Waals surface area contributed by atoms with Crippen molar-refractivity contribution in [1.82, 2.24) is 15.3 Å². The molecule has 2 aliphatic carbocycles. The molecule has 1 aromatic rings. The first-order chi connectivity index (χ1) is 13.2. The van der Waals surface area contributed by atoms with Crippen LogP contribution >= 0.6 is 0 Å². The molecule has 3 unspecified atom stereocenters. The average molecular weight is 374 g/mol. The maximum atomic E-state index is 12.2. The van der Waals surface area contributed by atoms with E-state index in [2.05, 4.69) is 15.2 Å². The lowest BCUT2D eigenvalue weighted by molar-refractivity contribution is -0.127. The smallest absolute Gasteiger partial charge is 0.246 e. The van der Waals surface area contributed by atoms with Crippen molar-refractivity contribution in [2.24, 2.45) is 5.92 Å². The molecular weight excluding hydrogens is 344 g/mol. The van der Waals surface area contributed by atoms with Crippen molar-refractivity contribution < 1.29 is 14.3 Å². The first-order valence-electron chi connectivity index (χ1n) is 10.2. The minimum Gasteiger partial charge on any atom is -0.385 e. The molecular formula is C20H30N4O3. The summed E-state index contributed by atoms with van der Waals surface area (Å²) >= 11 is 0. The molecule has 2 saturated heterocycles. The molecule has 0 radical (unpaired) electrons. The number of nitrogens with one attached hydrogen (secondary N) is 1. The van der Waals surface area contributed by atoms with E-state index in [9.17, 15) is 4.79 Å². The third-order valence-electron chi connectivity index (χ3n) is 6.04. The molecule has 3 heterocycles. The third-order valence-corrected chi connectivity index (χ3v) is 6.04. The topological polar surface area (TPSA) is 76.6 Å². The number of fused-ring (bicyclic) bond motifs is 2. The van der Waals surface area contributed by atoms with Gasteiger partial charge in [0.15, 0.2) is 0 Å². The predicted molar refractivity (Wildman–Crippen MR) is 102 cm³/mol. The first-order valence-corrected chi connectivity index (χ1v) is 10.2. The van der Waals surface area contributed by atoms with Crippen LogP contribution in [0.3, 0.4) is 0 Å². The molecule has 1 saturated carbocycles. The minimum absolute atomic E-state index is 0.0186. The fourth-order valence-electron chi connectivity index (χ4n) is 4.71. The third kappa shape index (κ3) is 3.80. The average Bonchev–Trinajstić information content (AvgIpc) is 3.25. The van der Waals surface area contributed by atoms with Crippen molar-refractivity contribution in [3.05, 3.63) is 17.1 Å². The predicted octanol–water partition coefficient (Wildman–Crippen LogP) is 1.41. The van der Waals surface area contributed by atoms with Crippen molar-refractivity contribution in [2.45, 2.75) is 57.5 Å². The lowest BCUT2D eigenvalue weighted by Gasteiger charge is -2.38. The van der Waals surface area contributed by atoms with E-state index in [0.717, 1.165) is 43.9 Å². The van der Waals surface area contributed by atoms with Gasteiger partial charge in [-0.2, -0.15) is 0 Å². The van der Waals surface area contributed by atoms with E-state index in [1.807, 2.05) is 6.92 Å². The molecule has 0 aromatic carbocycles. The highest BCUT2D eigenvalue weighted by atomic mass is 16.5. The highest BCUT2D eigenvalue weighted by molar-refractivity contribution is 5.78. The Morgan fingerprint density at radius 1 is 1.26 bits per heavy atom. The Balaban J connectivity index is 1.36. The summed E-state index contributed by atoms with van der Waals surface area (Å²) in [6.45, 7) is 4.30. The van der Waals surface area contributed by atoms with Crippen molar-refractivity contribution in [2.75, 3.05) is 38.4 Å². The Labute approximate surface area is 160 Å². The first kappa shape index (κ1) is 18.6. The number of rotatable bonds is 8. The Bertz CT molecular complexity index is 696. The number of carbonyl (C=O) groups is 1. The number of anilines is 1. The standard InChI is InChI=1S/C20H30N4O3/c1-13-21-16-7-4-3-6-15(16)20(22-13)24-11-14-10-17(24)19(14)23-18(25)12-27-9-5-8-26-2/h14,17,19H,3-12H2,1-2H3,(H,23,25). The zero-order valence-electron chi connectivity index (χ0n) is 16.4. The van der Waals surface area contributed by atoms with Crippen molar-refractivity contribution >= 4 is 11.7 Å². The van der Waals surface area contributed by atoms with Gasteiger partial charge in [0.05, 0.1) is 12.1 Å². The highest BCUT2D eigenvalue weighted by Gasteiger charge is 2.53. The van der Waals surface area contributed by atoms with Gasteiger partial charge in [-0.3, -0.25) is 4.79 Å². The highest BCUT2D eigenvalue weighted by Crippen LogP contribution is 2.44. The summed E-state index contributed by atoms with van der Waals surface area (Å²) in [5.41, 5.74) is 2.57. The molecule has 3 fully saturated rings. The van der Waals surface area contributed by atoms with Gasteiger partial charge in [0.1, 0.15) is 18.2 Å². The van der Waals surface area contributed by atoms with Crippen LogP contribution in [0.5, 0.6) is 0 Å². The molecule has 5 rings (SSSR count). The second-order valence-electron chi connectivity index (χ2n) is 7.93. The van der Waals surface area contributed by atoms with Gasteiger partial charge < -0.3 is 19.7 Å².